The van der Waals surface area contributed by atoms with Crippen molar-refractivity contribution in [3.8, 4) is 0 Å². The highest BCUT2D eigenvalue weighted by Crippen LogP contribution is 2.45. The summed E-state index contributed by atoms with van der Waals surface area (Å²) in [6.45, 7) is 1.18. The summed E-state index contributed by atoms with van der Waals surface area (Å²) in [5, 5.41) is 2.96. The van der Waals surface area contributed by atoms with E-state index < -0.39 is 5.60 Å². The van der Waals surface area contributed by atoms with Crippen LogP contribution in [0.1, 0.15) is 50.5 Å². The Morgan fingerprint density at radius 1 is 1.15 bits per heavy atom. The Kier molecular flexibility index (Phi) is 4.42. The van der Waals surface area contributed by atoms with Gasteiger partial charge in [-0.2, -0.15) is 0 Å². The molecule has 6 heteroatoms. The number of hydrogen-bond donors (Lipinski definition) is 1. The number of benzene rings is 1. The molecule has 2 amide bonds. The molecule has 2 aliphatic heterocycles. The topological polar surface area (TPSA) is 75.7 Å². The van der Waals surface area contributed by atoms with Gasteiger partial charge in [-0.15, -0.1) is 0 Å². The summed E-state index contributed by atoms with van der Waals surface area (Å²) in [6, 6.07) is 7.71. The van der Waals surface area contributed by atoms with E-state index in [2.05, 4.69) is 5.32 Å². The normalized spacial score (nSPS) is 24.3. The first-order valence-corrected chi connectivity index (χ1v) is 9.46. The standard InChI is InChI=1S/C20H24N2O4/c23-17-4-3-11-22(17)15-7-5-14(6-8-15)13-21-19(25)16-12-18(24)26-20(16)9-1-2-10-20/h5-8,16H,1-4,9-13H2,(H,21,25)/t16-/m0/s1. The molecule has 1 spiro atoms. The lowest BCUT2D eigenvalue weighted by Gasteiger charge is -2.27. The minimum Gasteiger partial charge on any atom is -0.458 e. The first-order valence-electron chi connectivity index (χ1n) is 9.46. The maximum atomic E-state index is 12.6. The second-order valence-corrected chi connectivity index (χ2v) is 7.54. The molecule has 2 saturated heterocycles. The lowest BCUT2D eigenvalue weighted by atomic mass is 9.85. The summed E-state index contributed by atoms with van der Waals surface area (Å²) in [6.07, 6.45) is 5.29. The van der Waals surface area contributed by atoms with Crippen LogP contribution in [0.2, 0.25) is 0 Å². The summed E-state index contributed by atoms with van der Waals surface area (Å²) in [7, 11) is 0. The van der Waals surface area contributed by atoms with Crippen molar-refractivity contribution in [1.82, 2.24) is 5.32 Å². The molecule has 0 radical (unpaired) electrons. The van der Waals surface area contributed by atoms with Gasteiger partial charge in [-0.05, 0) is 49.8 Å². The van der Waals surface area contributed by atoms with E-state index in [-0.39, 0.29) is 30.1 Å². The van der Waals surface area contributed by atoms with Crippen LogP contribution in [-0.2, 0) is 25.7 Å². The molecule has 0 bridgehead atoms. The van der Waals surface area contributed by atoms with Gasteiger partial charge < -0.3 is 15.0 Å². The predicted octanol–water partition coefficient (Wildman–Crippen LogP) is 2.31. The molecular formula is C20H24N2O4. The molecule has 1 saturated carbocycles. The number of carbonyl (C=O) groups is 3. The van der Waals surface area contributed by atoms with E-state index >= 15 is 0 Å². The van der Waals surface area contributed by atoms with Crippen molar-refractivity contribution in [3.05, 3.63) is 29.8 Å². The molecule has 1 aromatic rings. The molecule has 1 aliphatic carbocycles. The average Bonchev–Trinajstić information content (AvgIpc) is 3.35. The number of hydrogen-bond acceptors (Lipinski definition) is 4. The van der Waals surface area contributed by atoms with Crippen LogP contribution in [0.25, 0.3) is 0 Å². The zero-order chi connectivity index (χ0) is 18.1. The van der Waals surface area contributed by atoms with Gasteiger partial charge in [0.2, 0.25) is 11.8 Å². The molecule has 3 aliphatic rings. The highest BCUT2D eigenvalue weighted by atomic mass is 16.6. The van der Waals surface area contributed by atoms with Crippen molar-refractivity contribution < 1.29 is 19.1 Å². The van der Waals surface area contributed by atoms with E-state index in [1.807, 2.05) is 24.3 Å². The third-order valence-corrected chi connectivity index (χ3v) is 5.88. The Balaban J connectivity index is 1.37. The van der Waals surface area contributed by atoms with Crippen molar-refractivity contribution in [2.45, 2.75) is 57.1 Å². The Bertz CT molecular complexity index is 722. The van der Waals surface area contributed by atoms with Crippen molar-refractivity contribution in [2.75, 3.05) is 11.4 Å². The lowest BCUT2D eigenvalue weighted by molar-refractivity contribution is -0.150. The number of ether oxygens (including phenoxy) is 1. The van der Waals surface area contributed by atoms with Crippen LogP contribution in [0.3, 0.4) is 0 Å². The van der Waals surface area contributed by atoms with Gasteiger partial charge in [0.15, 0.2) is 0 Å². The molecule has 26 heavy (non-hydrogen) atoms. The van der Waals surface area contributed by atoms with Crippen molar-refractivity contribution in [2.24, 2.45) is 5.92 Å². The maximum absolute atomic E-state index is 12.6. The van der Waals surface area contributed by atoms with Gasteiger partial charge in [-0.3, -0.25) is 14.4 Å². The molecule has 1 aromatic carbocycles. The van der Waals surface area contributed by atoms with Crippen LogP contribution in [0, 0.1) is 5.92 Å². The highest BCUT2D eigenvalue weighted by molar-refractivity contribution is 5.95. The smallest absolute Gasteiger partial charge is 0.307 e. The fourth-order valence-electron chi connectivity index (χ4n) is 4.48. The van der Waals surface area contributed by atoms with E-state index in [9.17, 15) is 14.4 Å². The van der Waals surface area contributed by atoms with Crippen LogP contribution in [0.15, 0.2) is 24.3 Å². The van der Waals surface area contributed by atoms with Crippen molar-refractivity contribution in [1.29, 1.82) is 0 Å². The van der Waals surface area contributed by atoms with E-state index in [0.29, 0.717) is 13.0 Å². The lowest BCUT2D eigenvalue weighted by Crippen LogP contribution is -2.42. The second kappa shape index (κ2) is 6.74. The second-order valence-electron chi connectivity index (χ2n) is 7.54. The van der Waals surface area contributed by atoms with Crippen molar-refractivity contribution in [3.63, 3.8) is 0 Å². The molecule has 1 atom stereocenters. The maximum Gasteiger partial charge on any atom is 0.307 e. The number of nitrogens with one attached hydrogen (secondary N) is 1. The van der Waals surface area contributed by atoms with Gasteiger partial charge in [0.05, 0.1) is 12.3 Å². The third kappa shape index (κ3) is 3.08. The molecule has 0 unspecified atom stereocenters. The highest BCUT2D eigenvalue weighted by Gasteiger charge is 2.53. The Morgan fingerprint density at radius 2 is 1.88 bits per heavy atom. The van der Waals surface area contributed by atoms with E-state index in [1.54, 1.807) is 4.90 Å². The number of carbonyl (C=O) groups excluding carboxylic acids is 3. The molecule has 1 N–H and O–H groups in total. The van der Waals surface area contributed by atoms with Crippen molar-refractivity contribution >= 4 is 23.5 Å². The van der Waals surface area contributed by atoms with Crippen LogP contribution < -0.4 is 10.2 Å². The number of amides is 2. The molecule has 3 fully saturated rings. The SMILES string of the molecule is O=C1C[C@@H](C(=O)NCc2ccc(N3CCCC3=O)cc2)C2(CCCC2)O1. The summed E-state index contributed by atoms with van der Waals surface area (Å²) in [5.41, 5.74) is 1.31. The number of anilines is 1. The minimum atomic E-state index is -0.568. The number of nitrogens with zero attached hydrogens (tertiary/aromatic N) is 1. The van der Waals surface area contributed by atoms with Crippen LogP contribution in [-0.4, -0.2) is 29.9 Å². The van der Waals surface area contributed by atoms with Crippen LogP contribution in [0.5, 0.6) is 0 Å². The van der Waals surface area contributed by atoms with E-state index in [1.165, 1.54) is 0 Å². The minimum absolute atomic E-state index is 0.100. The van der Waals surface area contributed by atoms with Crippen LogP contribution in [0.4, 0.5) is 5.69 Å². The molecule has 4 rings (SSSR count). The first kappa shape index (κ1) is 17.1. The molecule has 6 nitrogen and oxygen atoms in total. The molecule has 2 heterocycles. The fourth-order valence-corrected chi connectivity index (χ4v) is 4.48. The zero-order valence-electron chi connectivity index (χ0n) is 14.8. The summed E-state index contributed by atoms with van der Waals surface area (Å²) in [5.74, 6) is -0.568. The summed E-state index contributed by atoms with van der Waals surface area (Å²) >= 11 is 0. The Labute approximate surface area is 152 Å². The van der Waals surface area contributed by atoms with Gasteiger partial charge in [0.1, 0.15) is 5.60 Å². The summed E-state index contributed by atoms with van der Waals surface area (Å²) in [4.78, 5) is 38.0. The zero-order valence-corrected chi connectivity index (χ0v) is 14.8. The fraction of sp³-hybridized carbons (Fsp3) is 0.550. The van der Waals surface area contributed by atoms with Gasteiger partial charge in [-0.1, -0.05) is 12.1 Å². The van der Waals surface area contributed by atoms with E-state index in [0.717, 1.165) is 49.9 Å². The summed E-state index contributed by atoms with van der Waals surface area (Å²) < 4.78 is 5.54. The average molecular weight is 356 g/mol. The van der Waals surface area contributed by atoms with Gasteiger partial charge in [-0.25, -0.2) is 0 Å². The molecule has 0 aromatic heterocycles. The largest absolute Gasteiger partial charge is 0.458 e. The molecule has 138 valence electrons. The third-order valence-electron chi connectivity index (χ3n) is 5.88. The Hall–Kier alpha value is -2.37. The van der Waals surface area contributed by atoms with Gasteiger partial charge in [0, 0.05) is 25.2 Å². The molecular weight excluding hydrogens is 332 g/mol. The predicted molar refractivity (Wildman–Crippen MR) is 95.3 cm³/mol. The van der Waals surface area contributed by atoms with Gasteiger partial charge in [0.25, 0.3) is 0 Å². The number of esters is 1. The number of rotatable bonds is 4. The van der Waals surface area contributed by atoms with E-state index in [4.69, 9.17) is 4.74 Å². The first-order chi connectivity index (χ1) is 12.6. The Morgan fingerprint density at radius 3 is 2.54 bits per heavy atom. The monoisotopic (exact) mass is 356 g/mol. The van der Waals surface area contributed by atoms with Crippen LogP contribution >= 0.6 is 0 Å². The quantitative estimate of drug-likeness (QED) is 0.840. The van der Waals surface area contributed by atoms with Gasteiger partial charge >= 0.3 is 5.97 Å².